The molecule has 0 aliphatic rings. The number of aromatic amines is 1. The molecule has 1 aromatic carbocycles. The number of nitrogens with one attached hydrogen (secondary N) is 2. The summed E-state index contributed by atoms with van der Waals surface area (Å²) in [7, 11) is 0. The van der Waals surface area contributed by atoms with E-state index in [9.17, 15) is 9.59 Å². The lowest BCUT2D eigenvalue weighted by molar-refractivity contribution is -0.118. The van der Waals surface area contributed by atoms with Crippen molar-refractivity contribution in [3.63, 3.8) is 0 Å². The zero-order valence-electron chi connectivity index (χ0n) is 13.4. The molecule has 0 bridgehead atoms. The number of amides is 1. The van der Waals surface area contributed by atoms with E-state index in [1.54, 1.807) is 0 Å². The Morgan fingerprint density at radius 1 is 1.30 bits per heavy atom. The van der Waals surface area contributed by atoms with E-state index >= 15 is 0 Å². The summed E-state index contributed by atoms with van der Waals surface area (Å²) in [6.07, 6.45) is 1.69. The predicted octanol–water partition coefficient (Wildman–Crippen LogP) is 2.44. The van der Waals surface area contributed by atoms with Crippen molar-refractivity contribution < 1.29 is 4.79 Å². The van der Waals surface area contributed by atoms with Crippen molar-refractivity contribution >= 4 is 17.7 Å². The van der Waals surface area contributed by atoms with Gasteiger partial charge in [0.2, 0.25) is 5.91 Å². The molecule has 0 aliphatic heterocycles. The highest BCUT2D eigenvalue weighted by atomic mass is 32.2. The van der Waals surface area contributed by atoms with Crippen LogP contribution in [0.15, 0.2) is 40.3 Å². The van der Waals surface area contributed by atoms with Crippen LogP contribution in [0.4, 0.5) is 0 Å². The maximum absolute atomic E-state index is 11.9. The van der Waals surface area contributed by atoms with Gasteiger partial charge in [0.25, 0.3) is 5.56 Å². The third-order valence-electron chi connectivity index (χ3n) is 3.23. The van der Waals surface area contributed by atoms with E-state index < -0.39 is 0 Å². The van der Waals surface area contributed by atoms with Crippen LogP contribution in [0.3, 0.4) is 0 Å². The van der Waals surface area contributed by atoms with Crippen molar-refractivity contribution in [2.75, 3.05) is 5.75 Å². The number of aryl methyl sites for hydroxylation is 2. The van der Waals surface area contributed by atoms with Crippen molar-refractivity contribution in [2.24, 2.45) is 0 Å². The van der Waals surface area contributed by atoms with Gasteiger partial charge in [-0.2, -0.15) is 0 Å². The molecule has 0 saturated carbocycles. The van der Waals surface area contributed by atoms with Gasteiger partial charge in [0.05, 0.1) is 5.75 Å². The Hall–Kier alpha value is -2.08. The number of thioether (sulfide) groups is 1. The van der Waals surface area contributed by atoms with Gasteiger partial charge in [-0.15, -0.1) is 0 Å². The van der Waals surface area contributed by atoms with Crippen LogP contribution in [-0.4, -0.2) is 21.6 Å². The van der Waals surface area contributed by atoms with Gasteiger partial charge >= 0.3 is 0 Å². The minimum absolute atomic E-state index is 0.0841. The topological polar surface area (TPSA) is 74.8 Å². The molecule has 2 rings (SSSR count). The van der Waals surface area contributed by atoms with Gasteiger partial charge in [0, 0.05) is 18.3 Å². The van der Waals surface area contributed by atoms with E-state index in [1.165, 1.54) is 23.4 Å². The first-order chi connectivity index (χ1) is 11.1. The highest BCUT2D eigenvalue weighted by Gasteiger charge is 2.06. The van der Waals surface area contributed by atoms with Gasteiger partial charge in [0.15, 0.2) is 5.16 Å². The highest BCUT2D eigenvalue weighted by molar-refractivity contribution is 7.99. The normalized spacial score (nSPS) is 10.5. The van der Waals surface area contributed by atoms with E-state index in [0.29, 0.717) is 11.7 Å². The van der Waals surface area contributed by atoms with E-state index in [2.05, 4.69) is 15.3 Å². The Bertz CT molecular complexity index is 711. The Labute approximate surface area is 139 Å². The molecule has 0 saturated heterocycles. The number of benzene rings is 1. The maximum atomic E-state index is 11.9. The summed E-state index contributed by atoms with van der Waals surface area (Å²) in [6.45, 7) is 4.56. The lowest BCUT2D eigenvalue weighted by Crippen LogP contribution is -2.24. The lowest BCUT2D eigenvalue weighted by atomic mass is 10.1. The number of aromatic nitrogens is 2. The number of hydrogen-bond acceptors (Lipinski definition) is 4. The Morgan fingerprint density at radius 2 is 2.04 bits per heavy atom. The molecule has 0 spiro atoms. The number of carbonyl (C=O) groups is 1. The molecular weight excluding hydrogens is 310 g/mol. The van der Waals surface area contributed by atoms with E-state index in [1.807, 2.05) is 38.1 Å². The number of nitrogens with zero attached hydrogens (tertiary/aromatic N) is 1. The molecule has 5 nitrogen and oxygen atoms in total. The monoisotopic (exact) mass is 331 g/mol. The van der Waals surface area contributed by atoms with Crippen molar-refractivity contribution in [3.8, 4) is 0 Å². The first-order valence-corrected chi connectivity index (χ1v) is 8.60. The summed E-state index contributed by atoms with van der Waals surface area (Å²) >= 11 is 1.24. The molecule has 0 aliphatic carbocycles. The quantitative estimate of drug-likeness (QED) is 0.604. The van der Waals surface area contributed by atoms with Crippen molar-refractivity contribution in [2.45, 2.75) is 38.4 Å². The van der Waals surface area contributed by atoms with Crippen LogP contribution < -0.4 is 10.9 Å². The molecule has 2 aromatic rings. The maximum Gasteiger partial charge on any atom is 0.251 e. The Morgan fingerprint density at radius 3 is 2.74 bits per heavy atom. The minimum Gasteiger partial charge on any atom is -0.351 e. The largest absolute Gasteiger partial charge is 0.351 e. The average molecular weight is 331 g/mol. The third kappa shape index (κ3) is 5.90. The zero-order valence-corrected chi connectivity index (χ0v) is 14.2. The summed E-state index contributed by atoms with van der Waals surface area (Å²) in [5.74, 6) is 0.142. The van der Waals surface area contributed by atoms with Gasteiger partial charge in [-0.25, -0.2) is 4.98 Å². The minimum atomic E-state index is -0.175. The number of H-pyrrole nitrogens is 1. The van der Waals surface area contributed by atoms with Crippen LogP contribution in [0, 0.1) is 6.92 Å². The van der Waals surface area contributed by atoms with E-state index in [4.69, 9.17) is 0 Å². The molecule has 0 unspecified atom stereocenters. The van der Waals surface area contributed by atoms with Gasteiger partial charge in [-0.1, -0.05) is 54.9 Å². The molecule has 2 N–H and O–H groups in total. The van der Waals surface area contributed by atoms with Crippen LogP contribution in [-0.2, 0) is 17.8 Å². The molecule has 1 heterocycles. The van der Waals surface area contributed by atoms with Gasteiger partial charge in [0.1, 0.15) is 0 Å². The van der Waals surface area contributed by atoms with Crippen molar-refractivity contribution in [1.29, 1.82) is 0 Å². The van der Waals surface area contributed by atoms with Crippen LogP contribution in [0.5, 0.6) is 0 Å². The van der Waals surface area contributed by atoms with Gasteiger partial charge in [-0.3, -0.25) is 9.59 Å². The Kier molecular flexibility index (Phi) is 6.40. The SMILES string of the molecule is CCCc1cc(=O)[nH]c(SCC(=O)NCc2ccc(C)cc2)n1. The summed E-state index contributed by atoms with van der Waals surface area (Å²) in [5, 5.41) is 3.36. The molecular formula is C17H21N3O2S. The van der Waals surface area contributed by atoms with E-state index in [0.717, 1.165) is 24.1 Å². The predicted molar refractivity (Wildman–Crippen MR) is 92.6 cm³/mol. The van der Waals surface area contributed by atoms with Crippen LogP contribution in [0.25, 0.3) is 0 Å². The summed E-state index contributed by atoms with van der Waals surface area (Å²) in [4.78, 5) is 30.5. The number of carbonyl (C=O) groups excluding carboxylic acids is 1. The summed E-state index contributed by atoms with van der Waals surface area (Å²) < 4.78 is 0. The van der Waals surface area contributed by atoms with Crippen molar-refractivity contribution in [1.82, 2.24) is 15.3 Å². The molecule has 0 atom stereocenters. The summed E-state index contributed by atoms with van der Waals surface area (Å²) in [5.41, 5.74) is 2.84. The second-order valence-corrected chi connectivity index (χ2v) is 6.31. The van der Waals surface area contributed by atoms with Gasteiger partial charge < -0.3 is 10.3 Å². The molecule has 23 heavy (non-hydrogen) atoms. The fourth-order valence-corrected chi connectivity index (χ4v) is 2.75. The lowest BCUT2D eigenvalue weighted by Gasteiger charge is -2.06. The molecule has 122 valence electrons. The first kappa shape index (κ1) is 17.3. The molecule has 1 amide bonds. The fourth-order valence-electron chi connectivity index (χ4n) is 2.03. The van der Waals surface area contributed by atoms with E-state index in [-0.39, 0.29) is 17.2 Å². The fraction of sp³-hybridized carbons (Fsp3) is 0.353. The third-order valence-corrected chi connectivity index (χ3v) is 4.10. The average Bonchev–Trinajstić information content (AvgIpc) is 2.52. The van der Waals surface area contributed by atoms with Gasteiger partial charge in [-0.05, 0) is 18.9 Å². The van der Waals surface area contributed by atoms with Crippen LogP contribution in [0.2, 0.25) is 0 Å². The molecule has 0 radical (unpaired) electrons. The molecule has 1 aromatic heterocycles. The molecule has 6 heteroatoms. The zero-order chi connectivity index (χ0) is 16.7. The Balaban J connectivity index is 1.84. The first-order valence-electron chi connectivity index (χ1n) is 7.62. The second-order valence-electron chi connectivity index (χ2n) is 5.34. The van der Waals surface area contributed by atoms with Crippen molar-refractivity contribution in [3.05, 3.63) is 57.5 Å². The smallest absolute Gasteiger partial charge is 0.251 e. The molecule has 0 fully saturated rings. The van der Waals surface area contributed by atoms with Crippen LogP contribution in [0.1, 0.15) is 30.2 Å². The standard InChI is InChI=1S/C17H21N3O2S/c1-3-4-14-9-15(21)20-17(19-14)23-11-16(22)18-10-13-7-5-12(2)6-8-13/h5-9H,3-4,10-11H2,1-2H3,(H,18,22)(H,19,20,21). The second kappa shape index (κ2) is 8.53. The number of rotatable bonds is 7. The number of hydrogen-bond donors (Lipinski definition) is 2. The highest BCUT2D eigenvalue weighted by Crippen LogP contribution is 2.11. The van der Waals surface area contributed by atoms with Crippen LogP contribution >= 0.6 is 11.8 Å². The summed E-state index contributed by atoms with van der Waals surface area (Å²) in [6, 6.07) is 9.53.